The van der Waals surface area contributed by atoms with E-state index in [1.807, 2.05) is 0 Å². The molecule has 0 N–H and O–H groups in total. The maximum atomic E-state index is 12.1. The summed E-state index contributed by atoms with van der Waals surface area (Å²) in [5.41, 5.74) is -0.431. The minimum absolute atomic E-state index is 0.120. The summed E-state index contributed by atoms with van der Waals surface area (Å²) in [5.74, 6) is -1.87. The molecule has 0 amide bonds. The summed E-state index contributed by atoms with van der Waals surface area (Å²) >= 11 is 6.81. The number of Topliss-reactive ketones (excluding diaryl/α,β-unsaturated/α-hetero) is 1. The van der Waals surface area contributed by atoms with E-state index in [0.717, 1.165) is 6.07 Å². The third kappa shape index (κ3) is 3.14. The zero-order chi connectivity index (χ0) is 11.6. The molecule has 0 bridgehead atoms. The standard InChI is InChI=1S/C9H6ClF3OS/c1-15-7-3-5(2-6(10)4-7)8(14)9(11,12)13/h2-4H,1H3. The van der Waals surface area contributed by atoms with Gasteiger partial charge < -0.3 is 0 Å². The lowest BCUT2D eigenvalue weighted by molar-refractivity contribution is -0.0885. The molecule has 0 aromatic heterocycles. The van der Waals surface area contributed by atoms with Crippen molar-refractivity contribution in [3.8, 4) is 0 Å². The highest BCUT2D eigenvalue weighted by Crippen LogP contribution is 2.27. The molecule has 0 radical (unpaired) electrons. The molecule has 82 valence electrons. The number of alkyl halides is 3. The fourth-order valence-electron chi connectivity index (χ4n) is 0.975. The third-order valence-electron chi connectivity index (χ3n) is 1.63. The van der Waals surface area contributed by atoms with Gasteiger partial charge in [0.2, 0.25) is 0 Å². The van der Waals surface area contributed by atoms with Crippen LogP contribution in [0.2, 0.25) is 5.02 Å². The molecular formula is C9H6ClF3OS. The highest BCUT2D eigenvalue weighted by Gasteiger charge is 2.39. The van der Waals surface area contributed by atoms with Crippen molar-refractivity contribution in [2.45, 2.75) is 11.1 Å². The molecule has 1 rings (SSSR count). The molecule has 0 fully saturated rings. The summed E-state index contributed by atoms with van der Waals surface area (Å²) in [6.45, 7) is 0. The lowest BCUT2D eigenvalue weighted by atomic mass is 10.1. The first-order chi connectivity index (χ1) is 6.84. The Bertz CT molecular complexity index is 389. The normalized spacial score (nSPS) is 11.5. The van der Waals surface area contributed by atoms with Crippen LogP contribution in [0.5, 0.6) is 0 Å². The molecular weight excluding hydrogens is 249 g/mol. The number of hydrogen-bond acceptors (Lipinski definition) is 2. The minimum atomic E-state index is -4.86. The summed E-state index contributed by atoms with van der Waals surface area (Å²) in [5, 5.41) is 0.120. The molecule has 15 heavy (non-hydrogen) atoms. The second-order valence-corrected chi connectivity index (χ2v) is 4.02. The number of thioether (sulfide) groups is 1. The van der Waals surface area contributed by atoms with Gasteiger partial charge in [-0.15, -0.1) is 11.8 Å². The molecule has 1 aromatic carbocycles. The first-order valence-electron chi connectivity index (χ1n) is 3.80. The van der Waals surface area contributed by atoms with Gasteiger partial charge in [0.05, 0.1) is 0 Å². The fraction of sp³-hybridized carbons (Fsp3) is 0.222. The average molecular weight is 255 g/mol. The molecule has 0 atom stereocenters. The largest absolute Gasteiger partial charge is 0.454 e. The Kier molecular flexibility index (Phi) is 3.67. The minimum Gasteiger partial charge on any atom is -0.284 e. The van der Waals surface area contributed by atoms with E-state index in [1.165, 1.54) is 23.9 Å². The van der Waals surface area contributed by atoms with E-state index in [-0.39, 0.29) is 5.02 Å². The van der Waals surface area contributed by atoms with Crippen molar-refractivity contribution in [2.75, 3.05) is 6.26 Å². The van der Waals surface area contributed by atoms with Gasteiger partial charge in [0, 0.05) is 15.5 Å². The Morgan fingerprint density at radius 1 is 1.33 bits per heavy atom. The molecule has 0 aliphatic rings. The molecule has 0 aliphatic carbocycles. The second-order valence-electron chi connectivity index (χ2n) is 2.71. The van der Waals surface area contributed by atoms with E-state index in [0.29, 0.717) is 4.90 Å². The van der Waals surface area contributed by atoms with Crippen LogP contribution in [0.15, 0.2) is 23.1 Å². The van der Waals surface area contributed by atoms with Gasteiger partial charge in [-0.1, -0.05) is 11.6 Å². The summed E-state index contributed by atoms with van der Waals surface area (Å²) in [6.07, 6.45) is -3.17. The van der Waals surface area contributed by atoms with Crippen molar-refractivity contribution in [3.63, 3.8) is 0 Å². The maximum Gasteiger partial charge on any atom is 0.454 e. The molecule has 1 nitrogen and oxygen atoms in total. The SMILES string of the molecule is CSc1cc(Cl)cc(C(=O)C(F)(F)F)c1. The summed E-state index contributed by atoms with van der Waals surface area (Å²) < 4.78 is 36.3. The number of benzene rings is 1. The zero-order valence-electron chi connectivity index (χ0n) is 7.56. The predicted octanol–water partition coefficient (Wildman–Crippen LogP) is 3.81. The summed E-state index contributed by atoms with van der Waals surface area (Å²) in [6, 6.07) is 3.68. The maximum absolute atomic E-state index is 12.1. The van der Waals surface area contributed by atoms with Crippen molar-refractivity contribution in [1.29, 1.82) is 0 Å². The van der Waals surface area contributed by atoms with E-state index >= 15 is 0 Å². The quantitative estimate of drug-likeness (QED) is 0.590. The number of rotatable bonds is 2. The van der Waals surface area contributed by atoms with Gasteiger partial charge in [0.15, 0.2) is 0 Å². The van der Waals surface area contributed by atoms with Crippen LogP contribution in [0.3, 0.4) is 0 Å². The van der Waals surface area contributed by atoms with Gasteiger partial charge in [0.1, 0.15) is 0 Å². The van der Waals surface area contributed by atoms with Crippen molar-refractivity contribution < 1.29 is 18.0 Å². The first-order valence-corrected chi connectivity index (χ1v) is 5.41. The van der Waals surface area contributed by atoms with Crippen LogP contribution in [-0.2, 0) is 0 Å². The number of ketones is 1. The van der Waals surface area contributed by atoms with Crippen molar-refractivity contribution >= 4 is 29.1 Å². The van der Waals surface area contributed by atoms with Crippen molar-refractivity contribution in [2.24, 2.45) is 0 Å². The topological polar surface area (TPSA) is 17.1 Å². The van der Waals surface area contributed by atoms with Gasteiger partial charge in [-0.05, 0) is 24.5 Å². The predicted molar refractivity (Wildman–Crippen MR) is 53.6 cm³/mol. The number of halogens is 4. The second kappa shape index (κ2) is 4.45. The lowest BCUT2D eigenvalue weighted by Crippen LogP contribution is -2.22. The molecule has 0 unspecified atom stereocenters. The van der Waals surface area contributed by atoms with E-state index < -0.39 is 17.5 Å². The molecule has 0 saturated carbocycles. The molecule has 0 aliphatic heterocycles. The Hall–Kier alpha value is -0.680. The number of carbonyl (C=O) groups excluding carboxylic acids is 1. The van der Waals surface area contributed by atoms with Crippen molar-refractivity contribution in [1.82, 2.24) is 0 Å². The number of carbonyl (C=O) groups is 1. The van der Waals surface area contributed by atoms with E-state index in [1.54, 1.807) is 6.26 Å². The number of hydrogen-bond donors (Lipinski definition) is 0. The molecule has 0 saturated heterocycles. The Balaban J connectivity index is 3.15. The van der Waals surface area contributed by atoms with Crippen LogP contribution in [0.25, 0.3) is 0 Å². The molecule has 0 heterocycles. The Labute approximate surface area is 93.6 Å². The van der Waals surface area contributed by atoms with E-state index in [9.17, 15) is 18.0 Å². The third-order valence-corrected chi connectivity index (χ3v) is 2.55. The Morgan fingerprint density at radius 3 is 2.40 bits per heavy atom. The fourth-order valence-corrected chi connectivity index (χ4v) is 1.76. The van der Waals surface area contributed by atoms with Gasteiger partial charge in [-0.3, -0.25) is 4.79 Å². The molecule has 0 spiro atoms. The summed E-state index contributed by atoms with van der Waals surface area (Å²) in [4.78, 5) is 11.4. The van der Waals surface area contributed by atoms with Crippen LogP contribution in [0.1, 0.15) is 10.4 Å². The highest BCUT2D eigenvalue weighted by atomic mass is 35.5. The van der Waals surface area contributed by atoms with Crippen LogP contribution in [0.4, 0.5) is 13.2 Å². The molecule has 6 heteroatoms. The van der Waals surface area contributed by atoms with Gasteiger partial charge in [-0.25, -0.2) is 0 Å². The van der Waals surface area contributed by atoms with Crippen LogP contribution in [-0.4, -0.2) is 18.2 Å². The van der Waals surface area contributed by atoms with E-state index in [2.05, 4.69) is 0 Å². The monoisotopic (exact) mass is 254 g/mol. The van der Waals surface area contributed by atoms with Crippen molar-refractivity contribution in [3.05, 3.63) is 28.8 Å². The van der Waals surface area contributed by atoms with Crippen LogP contribution < -0.4 is 0 Å². The zero-order valence-corrected chi connectivity index (χ0v) is 9.13. The van der Waals surface area contributed by atoms with Crippen LogP contribution in [0, 0.1) is 0 Å². The lowest BCUT2D eigenvalue weighted by Gasteiger charge is -2.06. The molecule has 1 aromatic rings. The van der Waals surface area contributed by atoms with Gasteiger partial charge in [-0.2, -0.15) is 13.2 Å². The van der Waals surface area contributed by atoms with Gasteiger partial charge in [0.25, 0.3) is 5.78 Å². The highest BCUT2D eigenvalue weighted by molar-refractivity contribution is 7.98. The van der Waals surface area contributed by atoms with E-state index in [4.69, 9.17) is 11.6 Å². The smallest absolute Gasteiger partial charge is 0.284 e. The average Bonchev–Trinajstić information content (AvgIpc) is 2.14. The first kappa shape index (κ1) is 12.4. The summed E-state index contributed by atoms with van der Waals surface area (Å²) in [7, 11) is 0. The Morgan fingerprint density at radius 2 is 1.93 bits per heavy atom. The van der Waals surface area contributed by atoms with Gasteiger partial charge >= 0.3 is 6.18 Å². The van der Waals surface area contributed by atoms with Crippen LogP contribution >= 0.6 is 23.4 Å².